The zero-order valence-electron chi connectivity index (χ0n) is 25.3. The second kappa shape index (κ2) is 16.8. The van der Waals surface area contributed by atoms with Crippen LogP contribution in [0.25, 0.3) is 24.3 Å². The molecule has 1 aromatic heterocycles. The first-order chi connectivity index (χ1) is 20.8. The Hall–Kier alpha value is -4.58. The van der Waals surface area contributed by atoms with Gasteiger partial charge in [-0.1, -0.05) is 23.9 Å². The molecular formula is C31H38N4O7S. The summed E-state index contributed by atoms with van der Waals surface area (Å²) < 4.78 is 38.7. The first-order valence-corrected chi connectivity index (χ1v) is 14.3. The Morgan fingerprint density at radius 2 is 1.12 bits per heavy atom. The lowest BCUT2D eigenvalue weighted by Gasteiger charge is -2.13. The van der Waals surface area contributed by atoms with Crippen LogP contribution < -0.4 is 38.9 Å². The monoisotopic (exact) mass is 610 g/mol. The summed E-state index contributed by atoms with van der Waals surface area (Å²) in [5.41, 5.74) is 8.33. The second-order valence-electron chi connectivity index (χ2n) is 8.85. The van der Waals surface area contributed by atoms with E-state index in [1.165, 1.54) is 11.8 Å². The normalized spacial score (nSPS) is 11.0. The zero-order chi connectivity index (χ0) is 31.2. The molecule has 0 aliphatic heterocycles. The molecule has 3 aromatic rings. The Morgan fingerprint density at radius 1 is 0.674 bits per heavy atom. The average Bonchev–Trinajstić information content (AvgIpc) is 3.02. The van der Waals surface area contributed by atoms with Gasteiger partial charge >= 0.3 is 6.01 Å². The highest BCUT2D eigenvalue weighted by atomic mass is 32.2. The molecule has 0 saturated carbocycles. The molecule has 0 amide bonds. The third kappa shape index (κ3) is 9.47. The summed E-state index contributed by atoms with van der Waals surface area (Å²) in [6, 6.07) is 9.48. The standard InChI is InChI=1S/C31H38N4O7S/c1-36-24-15-20(16-25(37-2)28(24)40-5)9-11-22-19-23(35-31(34-22)42-13-7-8-14-43-30(32)33)12-10-21-17-26(38-3)29(41-6)27(18-21)39-4/h9-12,15-19H,7-8,13-14H2,1-6H3,(H3,32,33)/b11-9+,12-10+. The number of nitrogens with one attached hydrogen (secondary N) is 1. The highest BCUT2D eigenvalue weighted by molar-refractivity contribution is 8.13. The van der Waals surface area contributed by atoms with Crippen molar-refractivity contribution in [3.05, 3.63) is 52.8 Å². The zero-order valence-corrected chi connectivity index (χ0v) is 26.1. The topological polar surface area (TPSA) is 140 Å². The van der Waals surface area contributed by atoms with Crippen molar-refractivity contribution < 1.29 is 33.2 Å². The van der Waals surface area contributed by atoms with Crippen molar-refractivity contribution in [1.82, 2.24) is 9.97 Å². The van der Waals surface area contributed by atoms with Gasteiger partial charge in [-0.05, 0) is 66.5 Å². The van der Waals surface area contributed by atoms with Crippen molar-refractivity contribution in [2.45, 2.75) is 12.8 Å². The third-order valence-electron chi connectivity index (χ3n) is 6.04. The van der Waals surface area contributed by atoms with Crippen LogP contribution in [0, 0.1) is 5.41 Å². The molecule has 0 unspecified atom stereocenters. The molecule has 230 valence electrons. The molecule has 0 bridgehead atoms. The molecule has 43 heavy (non-hydrogen) atoms. The van der Waals surface area contributed by atoms with Gasteiger partial charge in [0.25, 0.3) is 0 Å². The van der Waals surface area contributed by atoms with Gasteiger partial charge in [0.15, 0.2) is 28.2 Å². The molecule has 0 aliphatic carbocycles. The van der Waals surface area contributed by atoms with E-state index < -0.39 is 0 Å². The summed E-state index contributed by atoms with van der Waals surface area (Å²) in [4.78, 5) is 9.18. The Morgan fingerprint density at radius 3 is 1.49 bits per heavy atom. The molecule has 0 atom stereocenters. The molecule has 3 N–H and O–H groups in total. The lowest BCUT2D eigenvalue weighted by Crippen LogP contribution is -2.06. The summed E-state index contributed by atoms with van der Waals surface area (Å²) in [5, 5.41) is 7.44. The number of hydrogen-bond donors (Lipinski definition) is 2. The van der Waals surface area contributed by atoms with Crippen LogP contribution >= 0.6 is 11.8 Å². The Balaban J connectivity index is 1.92. The molecule has 0 aliphatic rings. The van der Waals surface area contributed by atoms with Crippen LogP contribution in [-0.4, -0.2) is 70.2 Å². The number of unbranched alkanes of at least 4 members (excludes halogenated alkanes) is 1. The molecule has 0 saturated heterocycles. The fraction of sp³-hybridized carbons (Fsp3) is 0.323. The molecule has 2 aromatic carbocycles. The maximum Gasteiger partial charge on any atom is 0.317 e. The largest absolute Gasteiger partial charge is 0.493 e. The van der Waals surface area contributed by atoms with E-state index in [-0.39, 0.29) is 11.2 Å². The minimum absolute atomic E-state index is 0.111. The van der Waals surface area contributed by atoms with E-state index in [2.05, 4.69) is 9.97 Å². The van der Waals surface area contributed by atoms with E-state index in [4.69, 9.17) is 44.3 Å². The number of thioether (sulfide) groups is 1. The first kappa shape index (κ1) is 32.9. The van der Waals surface area contributed by atoms with Crippen molar-refractivity contribution >= 4 is 41.2 Å². The highest BCUT2D eigenvalue weighted by Gasteiger charge is 2.13. The van der Waals surface area contributed by atoms with Crippen LogP contribution in [0.2, 0.25) is 0 Å². The number of aromatic nitrogens is 2. The molecule has 1 heterocycles. The van der Waals surface area contributed by atoms with Gasteiger partial charge in [0.1, 0.15) is 0 Å². The van der Waals surface area contributed by atoms with E-state index in [1.54, 1.807) is 42.7 Å². The van der Waals surface area contributed by atoms with Crippen molar-refractivity contribution in [3.63, 3.8) is 0 Å². The van der Waals surface area contributed by atoms with E-state index >= 15 is 0 Å². The SMILES string of the molecule is COc1cc(/C=C/c2cc(/C=C/c3cc(OC)c(OC)c(OC)c3)nc(OCCCCSC(=N)N)n2)cc(OC)c1OC. The van der Waals surface area contributed by atoms with E-state index in [0.29, 0.717) is 52.5 Å². The van der Waals surface area contributed by atoms with E-state index in [1.807, 2.05) is 54.6 Å². The average molecular weight is 611 g/mol. The lowest BCUT2D eigenvalue weighted by molar-refractivity contribution is 0.285. The van der Waals surface area contributed by atoms with Crippen molar-refractivity contribution in [2.75, 3.05) is 55.0 Å². The van der Waals surface area contributed by atoms with Gasteiger partial charge in [-0.25, -0.2) is 0 Å². The molecule has 11 nitrogen and oxygen atoms in total. The quantitative estimate of drug-likeness (QED) is 0.118. The lowest BCUT2D eigenvalue weighted by atomic mass is 10.1. The van der Waals surface area contributed by atoms with Gasteiger partial charge in [0, 0.05) is 5.75 Å². The number of hydrogen-bond acceptors (Lipinski definition) is 11. The van der Waals surface area contributed by atoms with Gasteiger partial charge in [-0.3, -0.25) is 5.41 Å². The van der Waals surface area contributed by atoms with Gasteiger partial charge in [-0.2, -0.15) is 9.97 Å². The third-order valence-corrected chi connectivity index (χ3v) is 6.84. The summed E-state index contributed by atoms with van der Waals surface area (Å²) in [5.74, 6) is 3.96. The number of benzene rings is 2. The molecule has 0 spiro atoms. The minimum Gasteiger partial charge on any atom is -0.493 e. The fourth-order valence-electron chi connectivity index (χ4n) is 4.01. The first-order valence-electron chi connectivity index (χ1n) is 13.3. The van der Waals surface area contributed by atoms with Gasteiger partial charge in [-0.15, -0.1) is 0 Å². The fourth-order valence-corrected chi connectivity index (χ4v) is 4.57. The number of ether oxygens (including phenoxy) is 7. The molecular weight excluding hydrogens is 572 g/mol. The van der Waals surface area contributed by atoms with Crippen LogP contribution in [0.3, 0.4) is 0 Å². The summed E-state index contributed by atoms with van der Waals surface area (Å²) in [6.45, 7) is 0.425. The van der Waals surface area contributed by atoms with Crippen LogP contribution in [0.5, 0.6) is 40.5 Å². The maximum absolute atomic E-state index is 7.33. The smallest absolute Gasteiger partial charge is 0.317 e. The predicted molar refractivity (Wildman–Crippen MR) is 171 cm³/mol. The van der Waals surface area contributed by atoms with Crippen molar-refractivity contribution in [3.8, 4) is 40.5 Å². The predicted octanol–water partition coefficient (Wildman–Crippen LogP) is 5.65. The summed E-state index contributed by atoms with van der Waals surface area (Å²) in [7, 11) is 9.42. The van der Waals surface area contributed by atoms with Crippen molar-refractivity contribution in [2.24, 2.45) is 5.73 Å². The maximum atomic E-state index is 7.33. The summed E-state index contributed by atoms with van der Waals surface area (Å²) in [6.07, 6.45) is 9.11. The van der Waals surface area contributed by atoms with Crippen molar-refractivity contribution in [1.29, 1.82) is 5.41 Å². The molecule has 0 fully saturated rings. The van der Waals surface area contributed by atoms with E-state index in [9.17, 15) is 0 Å². The van der Waals surface area contributed by atoms with Gasteiger partial charge in [0.2, 0.25) is 11.5 Å². The van der Waals surface area contributed by atoms with Crippen LogP contribution in [0.4, 0.5) is 0 Å². The molecule has 12 heteroatoms. The van der Waals surface area contributed by atoms with Crippen LogP contribution in [0.1, 0.15) is 35.4 Å². The summed E-state index contributed by atoms with van der Waals surface area (Å²) >= 11 is 1.31. The van der Waals surface area contributed by atoms with Gasteiger partial charge < -0.3 is 38.9 Å². The van der Waals surface area contributed by atoms with Gasteiger partial charge in [0.05, 0.1) is 60.7 Å². The Bertz CT molecular complexity index is 1300. The molecule has 0 radical (unpaired) electrons. The Labute approximate surface area is 256 Å². The number of nitrogens with two attached hydrogens (primary N) is 1. The number of amidine groups is 1. The van der Waals surface area contributed by atoms with E-state index in [0.717, 1.165) is 29.7 Å². The minimum atomic E-state index is 0.111. The number of rotatable bonds is 16. The Kier molecular flexibility index (Phi) is 12.8. The highest BCUT2D eigenvalue weighted by Crippen LogP contribution is 2.39. The van der Waals surface area contributed by atoms with Crippen LogP contribution in [-0.2, 0) is 0 Å². The van der Waals surface area contributed by atoms with Crippen LogP contribution in [0.15, 0.2) is 30.3 Å². The number of nitrogens with zero attached hydrogens (tertiary/aromatic N) is 2. The second-order valence-corrected chi connectivity index (χ2v) is 9.99. The number of methoxy groups -OCH3 is 6. The molecule has 3 rings (SSSR count).